The Morgan fingerprint density at radius 1 is 0.972 bits per heavy atom. The van der Waals surface area contributed by atoms with Crippen LogP contribution in [0.1, 0.15) is 34.0 Å². The van der Waals surface area contributed by atoms with Gasteiger partial charge in [0.05, 0.1) is 19.4 Å². The van der Waals surface area contributed by atoms with Gasteiger partial charge in [-0.05, 0) is 61.4 Å². The summed E-state index contributed by atoms with van der Waals surface area (Å²) in [6.45, 7) is 4.71. The van der Waals surface area contributed by atoms with E-state index in [-0.39, 0.29) is 13.3 Å². The molecule has 2 amide bonds. The van der Waals surface area contributed by atoms with E-state index in [0.29, 0.717) is 47.3 Å². The summed E-state index contributed by atoms with van der Waals surface area (Å²) in [5.41, 5.74) is 5.72. The highest BCUT2D eigenvalue weighted by molar-refractivity contribution is 5.97. The summed E-state index contributed by atoms with van der Waals surface area (Å²) in [6, 6.07) is 18.3. The molecule has 0 radical (unpaired) electrons. The van der Waals surface area contributed by atoms with Crippen LogP contribution in [0.5, 0.6) is 23.0 Å². The van der Waals surface area contributed by atoms with E-state index in [1.807, 2.05) is 44.2 Å². The molecule has 0 bridgehead atoms. The summed E-state index contributed by atoms with van der Waals surface area (Å²) in [5.74, 6) is 1.39. The van der Waals surface area contributed by atoms with Gasteiger partial charge in [0, 0.05) is 5.56 Å². The smallest absolute Gasteiger partial charge is 0.259 e. The van der Waals surface area contributed by atoms with Crippen molar-refractivity contribution in [3.8, 4) is 23.0 Å². The van der Waals surface area contributed by atoms with E-state index in [4.69, 9.17) is 18.9 Å². The second-order valence-corrected chi connectivity index (χ2v) is 7.96. The van der Waals surface area contributed by atoms with Crippen LogP contribution < -0.4 is 29.7 Å². The van der Waals surface area contributed by atoms with E-state index in [0.717, 1.165) is 5.56 Å². The number of amides is 2. The molecule has 0 aromatic heterocycles. The molecule has 9 nitrogen and oxygen atoms in total. The van der Waals surface area contributed by atoms with Crippen LogP contribution in [0.3, 0.4) is 0 Å². The van der Waals surface area contributed by atoms with Crippen LogP contribution in [0, 0.1) is 6.92 Å². The largest absolute Gasteiger partial charge is 0.490 e. The van der Waals surface area contributed by atoms with Crippen LogP contribution in [0.2, 0.25) is 0 Å². The molecular formula is C27H27N3O6. The molecule has 1 heterocycles. The highest BCUT2D eigenvalue weighted by Crippen LogP contribution is 2.32. The number of rotatable bonds is 10. The number of fused-ring (bicyclic) bond motifs is 1. The zero-order chi connectivity index (χ0) is 25.3. The van der Waals surface area contributed by atoms with Crippen molar-refractivity contribution in [3.63, 3.8) is 0 Å². The van der Waals surface area contributed by atoms with Gasteiger partial charge in [-0.1, -0.05) is 29.8 Å². The summed E-state index contributed by atoms with van der Waals surface area (Å²) in [4.78, 5) is 24.4. The van der Waals surface area contributed by atoms with E-state index in [2.05, 4.69) is 15.8 Å². The number of hydrogen-bond acceptors (Lipinski definition) is 7. The van der Waals surface area contributed by atoms with Crippen molar-refractivity contribution in [2.24, 2.45) is 5.10 Å². The minimum atomic E-state index is -0.469. The Balaban J connectivity index is 1.28. The maximum absolute atomic E-state index is 12.3. The molecule has 1 aliphatic heterocycles. The minimum Gasteiger partial charge on any atom is -0.490 e. The maximum atomic E-state index is 12.3. The van der Waals surface area contributed by atoms with E-state index >= 15 is 0 Å². The van der Waals surface area contributed by atoms with Crippen molar-refractivity contribution in [3.05, 3.63) is 82.9 Å². The van der Waals surface area contributed by atoms with Gasteiger partial charge in [-0.2, -0.15) is 5.10 Å². The number of aryl methyl sites for hydroxylation is 1. The standard InChI is InChI=1S/C27H27N3O6/c1-3-33-24-12-20(8-10-22(24)34-16-19-6-4-18(2)5-7-19)14-29-30-26(31)15-28-27(32)21-9-11-23-25(13-21)36-17-35-23/h4-14H,3,15-17H2,1-2H3,(H,28,32)(H,30,31)/b29-14+. The van der Waals surface area contributed by atoms with Gasteiger partial charge in [0.1, 0.15) is 6.61 Å². The lowest BCUT2D eigenvalue weighted by Crippen LogP contribution is -2.34. The summed E-state index contributed by atoms with van der Waals surface area (Å²) in [7, 11) is 0. The Hall–Kier alpha value is -4.53. The fourth-order valence-corrected chi connectivity index (χ4v) is 3.36. The Kier molecular flexibility index (Phi) is 8.02. The number of ether oxygens (including phenoxy) is 4. The third-order valence-electron chi connectivity index (χ3n) is 5.23. The van der Waals surface area contributed by atoms with Gasteiger partial charge in [0.15, 0.2) is 23.0 Å². The number of hydrazone groups is 1. The Bertz CT molecular complexity index is 1260. The Morgan fingerprint density at radius 2 is 1.78 bits per heavy atom. The molecule has 3 aromatic rings. The van der Waals surface area contributed by atoms with E-state index in [1.165, 1.54) is 11.8 Å². The normalized spacial score (nSPS) is 11.8. The van der Waals surface area contributed by atoms with Crippen molar-refractivity contribution < 1.29 is 28.5 Å². The second kappa shape index (κ2) is 11.7. The second-order valence-electron chi connectivity index (χ2n) is 7.96. The maximum Gasteiger partial charge on any atom is 0.259 e. The molecule has 1 aliphatic rings. The molecule has 0 saturated heterocycles. The molecule has 0 spiro atoms. The monoisotopic (exact) mass is 489 g/mol. The lowest BCUT2D eigenvalue weighted by molar-refractivity contribution is -0.120. The van der Waals surface area contributed by atoms with Crippen LogP contribution in [0.25, 0.3) is 0 Å². The van der Waals surface area contributed by atoms with E-state index in [9.17, 15) is 9.59 Å². The number of carbonyl (C=O) groups is 2. The van der Waals surface area contributed by atoms with Gasteiger partial charge in [-0.3, -0.25) is 9.59 Å². The molecule has 0 saturated carbocycles. The van der Waals surface area contributed by atoms with Crippen LogP contribution in [0.4, 0.5) is 0 Å². The summed E-state index contributed by atoms with van der Waals surface area (Å²) >= 11 is 0. The van der Waals surface area contributed by atoms with Gasteiger partial charge >= 0.3 is 0 Å². The molecule has 9 heteroatoms. The predicted molar refractivity (Wildman–Crippen MR) is 134 cm³/mol. The highest BCUT2D eigenvalue weighted by atomic mass is 16.7. The first kappa shape index (κ1) is 24.6. The average Bonchev–Trinajstić information content (AvgIpc) is 3.36. The molecule has 0 fully saturated rings. The highest BCUT2D eigenvalue weighted by Gasteiger charge is 2.16. The fourth-order valence-electron chi connectivity index (χ4n) is 3.36. The fraction of sp³-hybridized carbons (Fsp3) is 0.222. The molecule has 4 rings (SSSR count). The molecule has 186 valence electrons. The number of benzene rings is 3. The van der Waals surface area contributed by atoms with Crippen molar-refractivity contribution in [2.45, 2.75) is 20.5 Å². The topological polar surface area (TPSA) is 107 Å². The van der Waals surface area contributed by atoms with Crippen molar-refractivity contribution in [1.29, 1.82) is 0 Å². The molecule has 2 N–H and O–H groups in total. The van der Waals surface area contributed by atoms with Crippen molar-refractivity contribution in [2.75, 3.05) is 19.9 Å². The lowest BCUT2D eigenvalue weighted by atomic mass is 10.2. The average molecular weight is 490 g/mol. The summed E-state index contributed by atoms with van der Waals surface area (Å²) in [5, 5.41) is 6.51. The van der Waals surface area contributed by atoms with Gasteiger partial charge in [-0.25, -0.2) is 5.43 Å². The molecule has 0 atom stereocenters. The summed E-state index contributed by atoms with van der Waals surface area (Å²) in [6.07, 6.45) is 1.49. The molecule has 36 heavy (non-hydrogen) atoms. The minimum absolute atomic E-state index is 0.121. The Morgan fingerprint density at radius 3 is 2.58 bits per heavy atom. The Labute approximate surface area is 209 Å². The van der Waals surface area contributed by atoms with E-state index < -0.39 is 11.8 Å². The third-order valence-corrected chi connectivity index (χ3v) is 5.23. The van der Waals surface area contributed by atoms with Crippen LogP contribution in [-0.2, 0) is 11.4 Å². The van der Waals surface area contributed by atoms with Crippen LogP contribution >= 0.6 is 0 Å². The number of nitrogens with one attached hydrogen (secondary N) is 2. The molecule has 0 unspecified atom stereocenters. The number of carbonyl (C=O) groups excluding carboxylic acids is 2. The van der Waals surface area contributed by atoms with Crippen molar-refractivity contribution in [1.82, 2.24) is 10.7 Å². The first-order valence-corrected chi connectivity index (χ1v) is 11.5. The SMILES string of the molecule is CCOc1cc(/C=N/NC(=O)CNC(=O)c2ccc3c(c2)OCO3)ccc1OCc1ccc(C)cc1. The molecule has 3 aromatic carbocycles. The quantitative estimate of drug-likeness (QED) is 0.333. The van der Waals surface area contributed by atoms with Gasteiger partial charge in [0.2, 0.25) is 6.79 Å². The molecular weight excluding hydrogens is 462 g/mol. The van der Waals surface area contributed by atoms with Crippen LogP contribution in [0.15, 0.2) is 65.8 Å². The van der Waals surface area contributed by atoms with Gasteiger partial charge in [-0.15, -0.1) is 0 Å². The first-order chi connectivity index (χ1) is 17.5. The van der Waals surface area contributed by atoms with Crippen LogP contribution in [-0.4, -0.2) is 38.0 Å². The summed E-state index contributed by atoms with van der Waals surface area (Å²) < 4.78 is 22.1. The van der Waals surface area contributed by atoms with Gasteiger partial charge < -0.3 is 24.3 Å². The third kappa shape index (κ3) is 6.53. The lowest BCUT2D eigenvalue weighted by Gasteiger charge is -2.13. The first-order valence-electron chi connectivity index (χ1n) is 11.5. The van der Waals surface area contributed by atoms with E-state index in [1.54, 1.807) is 30.3 Å². The predicted octanol–water partition coefficient (Wildman–Crippen LogP) is 3.58. The number of hydrogen-bond donors (Lipinski definition) is 2. The molecule has 0 aliphatic carbocycles. The van der Waals surface area contributed by atoms with Crippen molar-refractivity contribution >= 4 is 18.0 Å². The zero-order valence-corrected chi connectivity index (χ0v) is 20.1. The van der Waals surface area contributed by atoms with Gasteiger partial charge in [0.25, 0.3) is 11.8 Å². The number of nitrogens with zero attached hydrogens (tertiary/aromatic N) is 1. The zero-order valence-electron chi connectivity index (χ0n) is 20.1.